The Labute approximate surface area is 132 Å². The first-order chi connectivity index (χ1) is 10.6. The van der Waals surface area contributed by atoms with Gasteiger partial charge < -0.3 is 19.5 Å². The smallest absolute Gasteiger partial charge is 0.345 e. The van der Waals surface area contributed by atoms with Gasteiger partial charge in [-0.3, -0.25) is 4.79 Å². The van der Waals surface area contributed by atoms with E-state index in [0.29, 0.717) is 5.69 Å². The number of hydrogen-bond acceptors (Lipinski definition) is 6. The first-order valence-corrected chi connectivity index (χ1v) is 8.29. The molecule has 0 amide bonds. The van der Waals surface area contributed by atoms with Crippen molar-refractivity contribution in [2.24, 2.45) is 0 Å². The first-order valence-electron chi connectivity index (χ1n) is 7.34. The van der Waals surface area contributed by atoms with E-state index >= 15 is 0 Å². The lowest BCUT2D eigenvalue weighted by Crippen LogP contribution is -2.45. The van der Waals surface area contributed by atoms with Gasteiger partial charge in [0.05, 0.1) is 17.8 Å². The maximum Gasteiger partial charge on any atom is 0.345 e. The van der Waals surface area contributed by atoms with E-state index in [1.165, 1.54) is 11.3 Å². The predicted octanol–water partition coefficient (Wildman–Crippen LogP) is 1.52. The van der Waals surface area contributed by atoms with E-state index in [-0.39, 0.29) is 17.7 Å². The number of nitrogens with one attached hydrogen (secondary N) is 1. The number of nitrogens with zero attached hydrogens (tertiary/aromatic N) is 2. The Morgan fingerprint density at radius 1 is 1.32 bits per heavy atom. The summed E-state index contributed by atoms with van der Waals surface area (Å²) < 4.78 is 5.09. The molecule has 0 atom stereocenters. The summed E-state index contributed by atoms with van der Waals surface area (Å²) in [5, 5.41) is 4.78. The van der Waals surface area contributed by atoms with Crippen LogP contribution in [0, 0.1) is 0 Å². The van der Waals surface area contributed by atoms with Crippen LogP contribution in [-0.4, -0.2) is 55.7 Å². The van der Waals surface area contributed by atoms with Gasteiger partial charge in [0.25, 0.3) is 5.56 Å². The van der Waals surface area contributed by atoms with Crippen molar-refractivity contribution in [2.75, 3.05) is 44.7 Å². The fourth-order valence-electron chi connectivity index (χ4n) is 2.76. The Morgan fingerprint density at radius 2 is 2.05 bits per heavy atom. The Morgan fingerprint density at radius 3 is 2.73 bits per heavy atom. The van der Waals surface area contributed by atoms with Crippen LogP contribution >= 0.6 is 11.3 Å². The third-order valence-corrected chi connectivity index (χ3v) is 4.67. The molecule has 3 heterocycles. The van der Waals surface area contributed by atoms with Gasteiger partial charge in [0.2, 0.25) is 0 Å². The molecular formula is C15H19N3O3S. The number of thiophene rings is 1. The van der Waals surface area contributed by atoms with Crippen LogP contribution in [0.4, 0.5) is 5.69 Å². The molecule has 0 radical (unpaired) electrons. The van der Waals surface area contributed by atoms with E-state index in [2.05, 4.69) is 21.8 Å². The molecule has 118 valence electrons. The van der Waals surface area contributed by atoms with Gasteiger partial charge in [-0.2, -0.15) is 0 Å². The highest BCUT2D eigenvalue weighted by atomic mass is 32.1. The molecule has 22 heavy (non-hydrogen) atoms. The summed E-state index contributed by atoms with van der Waals surface area (Å²) in [5.74, 6) is -0.550. The van der Waals surface area contributed by atoms with Crippen molar-refractivity contribution in [1.82, 2.24) is 9.88 Å². The molecule has 2 aromatic rings. The molecule has 1 fully saturated rings. The van der Waals surface area contributed by atoms with E-state index in [1.54, 1.807) is 6.92 Å². The van der Waals surface area contributed by atoms with Gasteiger partial charge in [-0.1, -0.05) is 0 Å². The number of fused-ring (bicyclic) bond motifs is 1. The minimum Gasteiger partial charge on any atom is -0.462 e. The van der Waals surface area contributed by atoms with Crippen LogP contribution in [-0.2, 0) is 4.74 Å². The second-order valence-corrected chi connectivity index (χ2v) is 6.13. The molecule has 6 nitrogen and oxygen atoms in total. The van der Waals surface area contributed by atoms with Crippen LogP contribution in [0.3, 0.4) is 0 Å². The zero-order valence-electron chi connectivity index (χ0n) is 12.7. The highest BCUT2D eigenvalue weighted by Crippen LogP contribution is 2.31. The van der Waals surface area contributed by atoms with Gasteiger partial charge in [-0.05, 0) is 14.0 Å². The third kappa shape index (κ3) is 2.62. The van der Waals surface area contributed by atoms with E-state index in [4.69, 9.17) is 4.74 Å². The fourth-order valence-corrected chi connectivity index (χ4v) is 3.52. The number of rotatable bonds is 3. The highest BCUT2D eigenvalue weighted by Gasteiger charge is 2.26. The van der Waals surface area contributed by atoms with Crippen LogP contribution < -0.4 is 10.5 Å². The Kier molecular flexibility index (Phi) is 4.17. The zero-order chi connectivity index (χ0) is 15.7. The van der Waals surface area contributed by atoms with Gasteiger partial charge in [-0.25, -0.2) is 4.79 Å². The van der Waals surface area contributed by atoms with Crippen molar-refractivity contribution in [3.63, 3.8) is 0 Å². The summed E-state index contributed by atoms with van der Waals surface area (Å²) in [6.45, 7) is 5.38. The average molecular weight is 321 g/mol. The topological polar surface area (TPSA) is 65.6 Å². The summed E-state index contributed by atoms with van der Waals surface area (Å²) in [6, 6.07) is 0. The number of anilines is 1. The number of carbonyl (C=O) groups is 1. The van der Waals surface area contributed by atoms with Gasteiger partial charge in [0, 0.05) is 42.3 Å². The van der Waals surface area contributed by atoms with Crippen LogP contribution in [0.2, 0.25) is 0 Å². The third-order valence-electron chi connectivity index (χ3n) is 3.93. The second kappa shape index (κ2) is 6.10. The molecule has 7 heteroatoms. The molecule has 2 aromatic heterocycles. The van der Waals surface area contributed by atoms with Crippen molar-refractivity contribution >= 4 is 33.9 Å². The summed E-state index contributed by atoms with van der Waals surface area (Å²) in [6.07, 6.45) is 0. The normalized spacial score (nSPS) is 16.2. The standard InChI is InChI=1S/C15H19N3O3S/c1-3-21-15(20)12-13(18-6-4-17(2)5-7-18)10-8-22-9-11(10)16-14(12)19/h8-9H,3-7H2,1-2H3,(H,16,19). The Hall–Kier alpha value is -1.86. The Balaban J connectivity index is 2.15. The van der Waals surface area contributed by atoms with Crippen molar-refractivity contribution in [1.29, 1.82) is 0 Å². The van der Waals surface area contributed by atoms with Crippen LogP contribution in [0.5, 0.6) is 0 Å². The summed E-state index contributed by atoms with van der Waals surface area (Å²) in [5.41, 5.74) is 1.24. The number of aromatic amines is 1. The summed E-state index contributed by atoms with van der Waals surface area (Å²) >= 11 is 1.51. The maximum absolute atomic E-state index is 12.4. The molecule has 1 N–H and O–H groups in total. The van der Waals surface area contributed by atoms with Crippen molar-refractivity contribution in [3.05, 3.63) is 26.7 Å². The lowest BCUT2D eigenvalue weighted by molar-refractivity contribution is 0.0525. The average Bonchev–Trinajstić information content (AvgIpc) is 2.94. The largest absolute Gasteiger partial charge is 0.462 e. The lowest BCUT2D eigenvalue weighted by atomic mass is 10.1. The van der Waals surface area contributed by atoms with Crippen molar-refractivity contribution < 1.29 is 9.53 Å². The van der Waals surface area contributed by atoms with Gasteiger partial charge in [0.15, 0.2) is 0 Å². The van der Waals surface area contributed by atoms with Crippen LogP contribution in [0.1, 0.15) is 17.3 Å². The molecule has 1 saturated heterocycles. The molecule has 0 unspecified atom stereocenters. The molecule has 0 spiro atoms. The second-order valence-electron chi connectivity index (χ2n) is 5.39. The van der Waals surface area contributed by atoms with Gasteiger partial charge >= 0.3 is 5.97 Å². The van der Waals surface area contributed by atoms with Crippen molar-refractivity contribution in [2.45, 2.75) is 6.92 Å². The maximum atomic E-state index is 12.4. The minimum absolute atomic E-state index is 0.123. The van der Waals surface area contributed by atoms with Crippen LogP contribution in [0.15, 0.2) is 15.6 Å². The molecular weight excluding hydrogens is 302 g/mol. The predicted molar refractivity (Wildman–Crippen MR) is 88.1 cm³/mol. The number of piperazine rings is 1. The molecule has 0 saturated carbocycles. The van der Waals surface area contributed by atoms with Crippen molar-refractivity contribution in [3.8, 4) is 0 Å². The highest BCUT2D eigenvalue weighted by molar-refractivity contribution is 7.09. The van der Waals surface area contributed by atoms with E-state index in [0.717, 1.165) is 37.1 Å². The first kappa shape index (κ1) is 15.1. The molecule has 1 aliphatic heterocycles. The van der Waals surface area contributed by atoms with Gasteiger partial charge in [-0.15, -0.1) is 11.3 Å². The van der Waals surface area contributed by atoms with E-state index < -0.39 is 5.97 Å². The minimum atomic E-state index is -0.550. The molecule has 0 aliphatic carbocycles. The number of ether oxygens (including phenoxy) is 1. The molecule has 1 aliphatic rings. The number of carbonyl (C=O) groups excluding carboxylic acids is 1. The quantitative estimate of drug-likeness (QED) is 0.868. The Bertz CT molecular complexity index is 744. The fraction of sp³-hybridized carbons (Fsp3) is 0.467. The number of esters is 1. The monoisotopic (exact) mass is 321 g/mol. The zero-order valence-corrected chi connectivity index (χ0v) is 13.5. The number of H-pyrrole nitrogens is 1. The molecule has 0 bridgehead atoms. The summed E-state index contributed by atoms with van der Waals surface area (Å²) in [7, 11) is 2.07. The number of hydrogen-bond donors (Lipinski definition) is 1. The SMILES string of the molecule is CCOC(=O)c1c(N2CCN(C)CC2)c2cscc2[nH]c1=O. The van der Waals surface area contributed by atoms with Crippen LogP contribution in [0.25, 0.3) is 10.9 Å². The molecule has 3 rings (SSSR count). The van der Waals surface area contributed by atoms with Gasteiger partial charge in [0.1, 0.15) is 5.56 Å². The molecule has 0 aromatic carbocycles. The number of likely N-dealkylation sites (N-methyl/N-ethyl adjacent to an activating group) is 1. The van der Waals surface area contributed by atoms with E-state index in [9.17, 15) is 9.59 Å². The number of pyridine rings is 1. The summed E-state index contributed by atoms with van der Waals surface area (Å²) in [4.78, 5) is 31.8. The number of aromatic nitrogens is 1. The lowest BCUT2D eigenvalue weighted by Gasteiger charge is -2.35. The van der Waals surface area contributed by atoms with E-state index in [1.807, 2.05) is 10.8 Å².